The van der Waals surface area contributed by atoms with Gasteiger partial charge in [-0.15, -0.1) is 0 Å². The van der Waals surface area contributed by atoms with Crippen LogP contribution >= 0.6 is 0 Å². The second-order valence-corrected chi connectivity index (χ2v) is 7.02. The van der Waals surface area contributed by atoms with Crippen LogP contribution in [0, 0.1) is 5.92 Å². The molecule has 0 N–H and O–H groups in total. The lowest BCUT2D eigenvalue weighted by molar-refractivity contribution is -0.131. The van der Waals surface area contributed by atoms with Crippen LogP contribution in [0.15, 0.2) is 24.4 Å². The molecule has 1 atom stereocenters. The zero-order chi connectivity index (χ0) is 18.4. The maximum absolute atomic E-state index is 12.5. The van der Waals surface area contributed by atoms with E-state index in [0.29, 0.717) is 18.9 Å². The van der Waals surface area contributed by atoms with Crippen molar-refractivity contribution >= 4 is 17.8 Å². The highest BCUT2D eigenvalue weighted by Crippen LogP contribution is 2.22. The molecular formula is C19H28N4O3. The van der Waals surface area contributed by atoms with Gasteiger partial charge in [0.1, 0.15) is 5.82 Å². The summed E-state index contributed by atoms with van der Waals surface area (Å²) in [5.41, 5.74) is 0. The van der Waals surface area contributed by atoms with E-state index in [1.165, 1.54) is 7.11 Å². The van der Waals surface area contributed by atoms with Crippen molar-refractivity contribution in [2.75, 3.05) is 51.3 Å². The van der Waals surface area contributed by atoms with E-state index in [1.54, 1.807) is 11.1 Å². The van der Waals surface area contributed by atoms with E-state index in [4.69, 9.17) is 4.74 Å². The van der Waals surface area contributed by atoms with Gasteiger partial charge >= 0.3 is 6.09 Å². The number of pyridine rings is 1. The van der Waals surface area contributed by atoms with Crippen molar-refractivity contribution in [1.82, 2.24) is 14.8 Å². The number of anilines is 1. The molecule has 1 aromatic heterocycles. The van der Waals surface area contributed by atoms with Gasteiger partial charge in [0.15, 0.2) is 0 Å². The van der Waals surface area contributed by atoms with Crippen molar-refractivity contribution in [2.24, 2.45) is 5.92 Å². The SMILES string of the molecule is COC(=O)N1CCC[C@@H](CCC(=O)N2CCN(c3ccccn3)CC2)C1. The number of rotatable bonds is 4. The van der Waals surface area contributed by atoms with Crippen molar-refractivity contribution in [3.8, 4) is 0 Å². The van der Waals surface area contributed by atoms with E-state index in [9.17, 15) is 9.59 Å². The summed E-state index contributed by atoms with van der Waals surface area (Å²) in [6.45, 7) is 4.59. The minimum absolute atomic E-state index is 0.223. The summed E-state index contributed by atoms with van der Waals surface area (Å²) >= 11 is 0. The van der Waals surface area contributed by atoms with Crippen molar-refractivity contribution in [1.29, 1.82) is 0 Å². The first-order chi connectivity index (χ1) is 12.7. The number of aromatic nitrogens is 1. The Bertz CT molecular complexity index is 602. The Morgan fingerprint density at radius 3 is 2.65 bits per heavy atom. The van der Waals surface area contributed by atoms with E-state index in [0.717, 1.165) is 57.8 Å². The van der Waals surface area contributed by atoms with Gasteiger partial charge in [-0.2, -0.15) is 0 Å². The number of ether oxygens (including phenoxy) is 1. The summed E-state index contributed by atoms with van der Waals surface area (Å²) in [5, 5.41) is 0. The van der Waals surface area contributed by atoms with Gasteiger partial charge in [0.25, 0.3) is 0 Å². The topological polar surface area (TPSA) is 66.0 Å². The minimum atomic E-state index is -0.258. The molecule has 2 aliphatic rings. The molecule has 0 radical (unpaired) electrons. The van der Waals surface area contributed by atoms with Crippen molar-refractivity contribution in [2.45, 2.75) is 25.7 Å². The second kappa shape index (κ2) is 8.87. The molecule has 0 saturated carbocycles. The van der Waals surface area contributed by atoms with Gasteiger partial charge in [-0.05, 0) is 37.3 Å². The van der Waals surface area contributed by atoms with Crippen LogP contribution in [-0.2, 0) is 9.53 Å². The molecule has 0 bridgehead atoms. The van der Waals surface area contributed by atoms with Gasteiger partial charge in [0.2, 0.25) is 5.91 Å². The van der Waals surface area contributed by atoms with Crippen molar-refractivity contribution < 1.29 is 14.3 Å². The van der Waals surface area contributed by atoms with Crippen LogP contribution in [0.2, 0.25) is 0 Å². The largest absolute Gasteiger partial charge is 0.453 e. The maximum atomic E-state index is 12.5. The fraction of sp³-hybridized carbons (Fsp3) is 0.632. The lowest BCUT2D eigenvalue weighted by Crippen LogP contribution is -2.49. The summed E-state index contributed by atoms with van der Waals surface area (Å²) < 4.78 is 4.81. The molecule has 0 aliphatic carbocycles. The highest BCUT2D eigenvalue weighted by atomic mass is 16.5. The Morgan fingerprint density at radius 2 is 1.96 bits per heavy atom. The lowest BCUT2D eigenvalue weighted by Gasteiger charge is -2.36. The summed E-state index contributed by atoms with van der Waals surface area (Å²) in [5.74, 6) is 1.59. The number of hydrogen-bond acceptors (Lipinski definition) is 5. The first kappa shape index (κ1) is 18.5. The van der Waals surface area contributed by atoms with Gasteiger partial charge in [0.05, 0.1) is 7.11 Å². The fourth-order valence-corrected chi connectivity index (χ4v) is 3.81. The quantitative estimate of drug-likeness (QED) is 0.821. The Kier molecular flexibility index (Phi) is 6.30. The molecule has 2 fully saturated rings. The van der Waals surface area contributed by atoms with Crippen LogP contribution in [0.3, 0.4) is 0 Å². The van der Waals surface area contributed by atoms with E-state index in [2.05, 4.69) is 9.88 Å². The Labute approximate surface area is 154 Å². The number of nitrogens with zero attached hydrogens (tertiary/aromatic N) is 4. The number of methoxy groups -OCH3 is 1. The smallest absolute Gasteiger partial charge is 0.409 e. The van der Waals surface area contributed by atoms with Crippen LogP contribution in [-0.4, -0.2) is 73.2 Å². The van der Waals surface area contributed by atoms with E-state index < -0.39 is 0 Å². The Balaban J connectivity index is 1.41. The molecular weight excluding hydrogens is 332 g/mol. The predicted molar refractivity (Wildman–Crippen MR) is 99.0 cm³/mol. The van der Waals surface area contributed by atoms with Crippen molar-refractivity contribution in [3.05, 3.63) is 24.4 Å². The molecule has 26 heavy (non-hydrogen) atoms. The molecule has 2 aliphatic heterocycles. The van der Waals surface area contributed by atoms with E-state index in [-0.39, 0.29) is 12.0 Å². The molecule has 2 saturated heterocycles. The van der Waals surface area contributed by atoms with Crippen LogP contribution in [0.25, 0.3) is 0 Å². The third-order valence-corrected chi connectivity index (χ3v) is 5.32. The summed E-state index contributed by atoms with van der Waals surface area (Å²) in [7, 11) is 1.42. The number of piperidine rings is 1. The molecule has 3 rings (SSSR count). The Morgan fingerprint density at radius 1 is 1.15 bits per heavy atom. The average Bonchev–Trinajstić information content (AvgIpc) is 2.72. The average molecular weight is 360 g/mol. The van der Waals surface area contributed by atoms with Gasteiger partial charge in [-0.1, -0.05) is 6.07 Å². The van der Waals surface area contributed by atoms with Crippen molar-refractivity contribution in [3.63, 3.8) is 0 Å². The zero-order valence-corrected chi connectivity index (χ0v) is 15.5. The molecule has 0 spiro atoms. The molecule has 7 nitrogen and oxygen atoms in total. The number of amides is 2. The van der Waals surface area contributed by atoms with Gasteiger partial charge in [-0.3, -0.25) is 4.79 Å². The van der Waals surface area contributed by atoms with Gasteiger partial charge in [0, 0.05) is 51.9 Å². The normalized spacial score (nSPS) is 20.8. The van der Waals surface area contributed by atoms with Crippen LogP contribution < -0.4 is 4.90 Å². The number of hydrogen-bond donors (Lipinski definition) is 0. The third-order valence-electron chi connectivity index (χ3n) is 5.32. The number of carbonyl (C=O) groups excluding carboxylic acids is 2. The van der Waals surface area contributed by atoms with Gasteiger partial charge < -0.3 is 19.4 Å². The summed E-state index contributed by atoms with van der Waals surface area (Å²) in [6.07, 6.45) is 5.00. The molecule has 7 heteroatoms. The lowest BCUT2D eigenvalue weighted by atomic mass is 9.93. The van der Waals surface area contributed by atoms with Crippen LogP contribution in [0.4, 0.5) is 10.6 Å². The Hall–Kier alpha value is -2.31. The summed E-state index contributed by atoms with van der Waals surface area (Å²) in [4.78, 5) is 34.5. The monoisotopic (exact) mass is 360 g/mol. The third kappa shape index (κ3) is 4.65. The molecule has 142 valence electrons. The number of carbonyl (C=O) groups is 2. The molecule has 1 aromatic rings. The molecule has 3 heterocycles. The van der Waals surface area contributed by atoms with E-state index >= 15 is 0 Å². The molecule has 0 aromatic carbocycles. The first-order valence-corrected chi connectivity index (χ1v) is 9.44. The molecule has 2 amide bonds. The fourth-order valence-electron chi connectivity index (χ4n) is 3.81. The highest BCUT2D eigenvalue weighted by molar-refractivity contribution is 5.76. The minimum Gasteiger partial charge on any atom is -0.453 e. The van der Waals surface area contributed by atoms with Crippen LogP contribution in [0.5, 0.6) is 0 Å². The predicted octanol–water partition coefficient (Wildman–Crippen LogP) is 1.99. The highest BCUT2D eigenvalue weighted by Gasteiger charge is 2.26. The summed E-state index contributed by atoms with van der Waals surface area (Å²) in [6, 6.07) is 5.91. The van der Waals surface area contributed by atoms with Gasteiger partial charge in [-0.25, -0.2) is 9.78 Å². The molecule has 0 unspecified atom stereocenters. The van der Waals surface area contributed by atoms with E-state index in [1.807, 2.05) is 23.1 Å². The maximum Gasteiger partial charge on any atom is 0.409 e. The number of piperazine rings is 1. The zero-order valence-electron chi connectivity index (χ0n) is 15.5. The van der Waals surface area contributed by atoms with Crippen LogP contribution in [0.1, 0.15) is 25.7 Å². The number of likely N-dealkylation sites (tertiary alicyclic amines) is 1. The standard InChI is InChI=1S/C19H28N4O3/c1-26-19(25)23-10-4-5-16(15-23)7-8-18(24)22-13-11-21(12-14-22)17-6-2-3-9-20-17/h2-3,6,9,16H,4-5,7-8,10-15H2,1H3/t16-/m0/s1. The first-order valence-electron chi connectivity index (χ1n) is 9.44. The second-order valence-electron chi connectivity index (χ2n) is 7.02.